The molecule has 2 nitrogen and oxygen atoms in total. The van der Waals surface area contributed by atoms with Crippen molar-refractivity contribution in [3.8, 4) is 0 Å². The molecule has 1 N–H and O–H groups in total. The van der Waals surface area contributed by atoms with Crippen molar-refractivity contribution >= 4 is 11.6 Å². The molecule has 0 amide bonds. The van der Waals surface area contributed by atoms with Crippen LogP contribution in [0.25, 0.3) is 0 Å². The smallest absolute Gasteiger partial charge is 0.141 e. The predicted molar refractivity (Wildman–Crippen MR) is 69.5 cm³/mol. The Bertz CT molecular complexity index is 441. The first-order valence-corrected chi connectivity index (χ1v) is 6.84. The van der Waals surface area contributed by atoms with Gasteiger partial charge >= 0.3 is 0 Å². The van der Waals surface area contributed by atoms with Gasteiger partial charge in [-0.25, -0.2) is 4.39 Å². The monoisotopic (exact) mass is 269 g/mol. The second-order valence-electron chi connectivity index (χ2n) is 5.40. The van der Waals surface area contributed by atoms with Crippen LogP contribution in [0.1, 0.15) is 24.8 Å². The van der Waals surface area contributed by atoms with Crippen molar-refractivity contribution in [2.24, 2.45) is 0 Å². The van der Waals surface area contributed by atoms with Crippen LogP contribution < -0.4 is 5.32 Å². The highest BCUT2D eigenvalue weighted by Crippen LogP contribution is 2.39. The molecule has 18 heavy (non-hydrogen) atoms. The molecular weight excluding hydrogens is 253 g/mol. The largest absolute Gasteiger partial charge is 0.379 e. The molecule has 1 aromatic carbocycles. The first-order valence-electron chi connectivity index (χ1n) is 6.46. The normalized spacial score (nSPS) is 26.0. The minimum absolute atomic E-state index is 0.0271. The molecule has 0 saturated carbocycles. The lowest BCUT2D eigenvalue weighted by Crippen LogP contribution is -2.50. The maximum absolute atomic E-state index is 13.2. The molecule has 2 heterocycles. The van der Waals surface area contributed by atoms with Crippen LogP contribution in [-0.2, 0) is 10.2 Å². The topological polar surface area (TPSA) is 21.3 Å². The quantitative estimate of drug-likeness (QED) is 0.911. The van der Waals surface area contributed by atoms with E-state index in [9.17, 15) is 4.39 Å². The van der Waals surface area contributed by atoms with E-state index in [1.54, 1.807) is 6.07 Å². The third-order valence-electron chi connectivity index (χ3n) is 4.09. The fraction of sp³-hybridized carbons (Fsp3) is 0.571. The zero-order valence-electron chi connectivity index (χ0n) is 10.2. The van der Waals surface area contributed by atoms with Crippen LogP contribution >= 0.6 is 11.6 Å². The summed E-state index contributed by atoms with van der Waals surface area (Å²) >= 11 is 5.89. The lowest BCUT2D eigenvalue weighted by molar-refractivity contribution is -0.0679. The molecule has 1 atom stereocenters. The summed E-state index contributed by atoms with van der Waals surface area (Å²) in [6.45, 7) is 2.53. The first-order chi connectivity index (χ1) is 8.70. The number of halogens is 2. The van der Waals surface area contributed by atoms with Crippen molar-refractivity contribution in [2.45, 2.75) is 30.7 Å². The van der Waals surface area contributed by atoms with E-state index in [2.05, 4.69) is 5.32 Å². The third kappa shape index (κ3) is 2.15. The van der Waals surface area contributed by atoms with Crippen LogP contribution in [0, 0.1) is 5.82 Å². The Morgan fingerprint density at radius 3 is 2.83 bits per heavy atom. The van der Waals surface area contributed by atoms with Crippen molar-refractivity contribution in [1.29, 1.82) is 0 Å². The lowest BCUT2D eigenvalue weighted by Gasteiger charge is -2.43. The molecule has 0 aromatic heterocycles. The standard InChI is InChI=1S/C14H17ClFNO/c15-12-6-10(3-4-13(12)16)14(8-18-9-14)7-11-2-1-5-17-11/h3-4,6,11,17H,1-2,5,7-9H2. The molecule has 0 spiro atoms. The summed E-state index contributed by atoms with van der Waals surface area (Å²) in [4.78, 5) is 0. The van der Waals surface area contributed by atoms with Gasteiger partial charge in [-0.1, -0.05) is 17.7 Å². The summed E-state index contributed by atoms with van der Waals surface area (Å²) in [6.07, 6.45) is 3.51. The number of nitrogens with one attached hydrogen (secondary N) is 1. The summed E-state index contributed by atoms with van der Waals surface area (Å²) < 4.78 is 18.6. The SMILES string of the molecule is Fc1ccc(C2(CC3CCCN3)COC2)cc1Cl. The Morgan fingerprint density at radius 1 is 1.44 bits per heavy atom. The van der Waals surface area contributed by atoms with E-state index >= 15 is 0 Å². The summed E-state index contributed by atoms with van der Waals surface area (Å²) in [6, 6.07) is 5.62. The predicted octanol–water partition coefficient (Wildman–Crippen LogP) is 2.89. The van der Waals surface area contributed by atoms with E-state index in [1.165, 1.54) is 18.9 Å². The van der Waals surface area contributed by atoms with Gasteiger partial charge in [0, 0.05) is 11.5 Å². The van der Waals surface area contributed by atoms with E-state index in [-0.39, 0.29) is 16.3 Å². The highest BCUT2D eigenvalue weighted by molar-refractivity contribution is 6.30. The van der Waals surface area contributed by atoms with E-state index < -0.39 is 0 Å². The molecule has 0 aliphatic carbocycles. The Morgan fingerprint density at radius 2 is 2.28 bits per heavy atom. The average Bonchev–Trinajstić information content (AvgIpc) is 2.80. The van der Waals surface area contributed by atoms with Crippen molar-refractivity contribution < 1.29 is 9.13 Å². The summed E-state index contributed by atoms with van der Waals surface area (Å²) in [5.41, 5.74) is 1.13. The Balaban J connectivity index is 1.83. The molecular formula is C14H17ClFNO. The second-order valence-corrected chi connectivity index (χ2v) is 5.81. The third-order valence-corrected chi connectivity index (χ3v) is 4.38. The molecule has 2 fully saturated rings. The number of rotatable bonds is 3. The van der Waals surface area contributed by atoms with E-state index in [0.717, 1.165) is 18.5 Å². The zero-order chi connectivity index (χ0) is 12.6. The van der Waals surface area contributed by atoms with Crippen LogP contribution in [0.5, 0.6) is 0 Å². The lowest BCUT2D eigenvalue weighted by atomic mass is 9.73. The summed E-state index contributed by atoms with van der Waals surface area (Å²) in [5.74, 6) is -0.352. The van der Waals surface area contributed by atoms with Crippen LogP contribution in [0.2, 0.25) is 5.02 Å². The Kier molecular flexibility index (Phi) is 3.31. The van der Waals surface area contributed by atoms with Crippen LogP contribution in [0.3, 0.4) is 0 Å². The average molecular weight is 270 g/mol. The van der Waals surface area contributed by atoms with Crippen molar-refractivity contribution in [3.63, 3.8) is 0 Å². The van der Waals surface area contributed by atoms with Gasteiger partial charge in [-0.15, -0.1) is 0 Å². The van der Waals surface area contributed by atoms with E-state index in [1.807, 2.05) is 6.07 Å². The molecule has 2 aliphatic heterocycles. The molecule has 98 valence electrons. The van der Waals surface area contributed by atoms with Gasteiger partial charge in [0.15, 0.2) is 0 Å². The Labute approximate surface area is 111 Å². The van der Waals surface area contributed by atoms with Crippen molar-refractivity contribution in [1.82, 2.24) is 5.32 Å². The highest BCUT2D eigenvalue weighted by atomic mass is 35.5. The summed E-state index contributed by atoms with van der Waals surface area (Å²) in [5, 5.41) is 3.72. The van der Waals surface area contributed by atoms with Crippen LogP contribution in [0.15, 0.2) is 18.2 Å². The summed E-state index contributed by atoms with van der Waals surface area (Å²) in [7, 11) is 0. The first kappa shape index (κ1) is 12.4. The second kappa shape index (κ2) is 4.80. The fourth-order valence-corrected chi connectivity index (χ4v) is 3.16. The van der Waals surface area contributed by atoms with E-state index in [0.29, 0.717) is 19.3 Å². The fourth-order valence-electron chi connectivity index (χ4n) is 2.98. The number of ether oxygens (including phenoxy) is 1. The minimum atomic E-state index is -0.352. The zero-order valence-corrected chi connectivity index (χ0v) is 11.0. The maximum Gasteiger partial charge on any atom is 0.141 e. The van der Waals surface area contributed by atoms with Crippen LogP contribution in [-0.4, -0.2) is 25.8 Å². The van der Waals surface area contributed by atoms with Crippen LogP contribution in [0.4, 0.5) is 4.39 Å². The van der Waals surface area contributed by atoms with Gasteiger partial charge < -0.3 is 10.1 Å². The molecule has 3 rings (SSSR count). The molecule has 0 bridgehead atoms. The molecule has 1 aromatic rings. The van der Waals surface area contributed by atoms with Gasteiger partial charge in [0.1, 0.15) is 5.82 Å². The molecule has 1 unspecified atom stereocenters. The van der Waals surface area contributed by atoms with Gasteiger partial charge in [0.2, 0.25) is 0 Å². The van der Waals surface area contributed by atoms with E-state index in [4.69, 9.17) is 16.3 Å². The van der Waals surface area contributed by atoms with Gasteiger partial charge in [0.05, 0.1) is 18.2 Å². The highest BCUT2D eigenvalue weighted by Gasteiger charge is 2.42. The Hall–Kier alpha value is -0.640. The maximum atomic E-state index is 13.2. The number of hydrogen-bond donors (Lipinski definition) is 1. The molecule has 2 saturated heterocycles. The van der Waals surface area contributed by atoms with Gasteiger partial charge in [-0.3, -0.25) is 0 Å². The van der Waals surface area contributed by atoms with Gasteiger partial charge in [-0.2, -0.15) is 0 Å². The molecule has 0 radical (unpaired) electrons. The number of hydrogen-bond acceptors (Lipinski definition) is 2. The minimum Gasteiger partial charge on any atom is -0.379 e. The molecule has 4 heteroatoms. The van der Waals surface area contributed by atoms with Gasteiger partial charge in [0.25, 0.3) is 0 Å². The van der Waals surface area contributed by atoms with Crippen molar-refractivity contribution in [2.75, 3.05) is 19.8 Å². The molecule has 2 aliphatic rings. The van der Waals surface area contributed by atoms with Gasteiger partial charge in [-0.05, 0) is 43.5 Å². The van der Waals surface area contributed by atoms with Crippen molar-refractivity contribution in [3.05, 3.63) is 34.6 Å². The number of benzene rings is 1.